The lowest BCUT2D eigenvalue weighted by molar-refractivity contribution is -0.130. The highest BCUT2D eigenvalue weighted by atomic mass is 16.1. The van der Waals surface area contributed by atoms with Gasteiger partial charge in [0.05, 0.1) is 6.54 Å². The number of hydrogen-bond acceptors (Lipinski definition) is 2. The van der Waals surface area contributed by atoms with E-state index < -0.39 is 0 Å². The van der Waals surface area contributed by atoms with Crippen molar-refractivity contribution in [2.75, 3.05) is 0 Å². The summed E-state index contributed by atoms with van der Waals surface area (Å²) >= 11 is 0. The molecule has 2 N–H and O–H groups in total. The van der Waals surface area contributed by atoms with Crippen LogP contribution in [0, 0.1) is 11.3 Å². The summed E-state index contributed by atoms with van der Waals surface area (Å²) in [5, 5.41) is 2.98. The summed E-state index contributed by atoms with van der Waals surface area (Å²) in [6, 6.07) is 0. The number of aromatic nitrogens is 2. The van der Waals surface area contributed by atoms with E-state index in [0.717, 1.165) is 18.7 Å². The first-order valence-corrected chi connectivity index (χ1v) is 6.35. The molecule has 1 amide bonds. The molecule has 4 nitrogen and oxygen atoms in total. The van der Waals surface area contributed by atoms with E-state index >= 15 is 0 Å². The van der Waals surface area contributed by atoms with Gasteiger partial charge < -0.3 is 10.3 Å². The number of carbonyl (C=O) groups excluding carboxylic acids is 1. The van der Waals surface area contributed by atoms with Crippen LogP contribution in [-0.4, -0.2) is 15.9 Å². The molecule has 0 saturated heterocycles. The number of imidazole rings is 1. The third-order valence-electron chi connectivity index (χ3n) is 3.81. The fraction of sp³-hybridized carbons (Fsp3) is 0.692. The average molecular weight is 235 g/mol. The summed E-state index contributed by atoms with van der Waals surface area (Å²) in [6.45, 7) is 4.89. The molecular formula is C13H21N3O. The molecular weight excluding hydrogens is 214 g/mol. The van der Waals surface area contributed by atoms with E-state index in [-0.39, 0.29) is 17.2 Å². The number of nitrogens with one attached hydrogen (secondary N) is 2. The van der Waals surface area contributed by atoms with E-state index in [1.807, 2.05) is 0 Å². The van der Waals surface area contributed by atoms with Gasteiger partial charge in [-0.15, -0.1) is 0 Å². The highest BCUT2D eigenvalue weighted by Crippen LogP contribution is 2.40. The Bertz CT molecular complexity index is 370. The Balaban J connectivity index is 1.90. The zero-order chi connectivity index (χ0) is 12.3. The van der Waals surface area contributed by atoms with Crippen LogP contribution in [0.4, 0.5) is 0 Å². The third-order valence-corrected chi connectivity index (χ3v) is 3.81. The maximum absolute atomic E-state index is 12.2. The normalized spacial score (nSPS) is 23.3. The number of carbonyl (C=O) groups is 1. The van der Waals surface area contributed by atoms with Crippen LogP contribution in [-0.2, 0) is 11.3 Å². The first-order valence-electron chi connectivity index (χ1n) is 6.35. The van der Waals surface area contributed by atoms with E-state index in [1.165, 1.54) is 12.8 Å². The van der Waals surface area contributed by atoms with Crippen LogP contribution in [0.3, 0.4) is 0 Å². The Hall–Kier alpha value is -1.32. The van der Waals surface area contributed by atoms with Crippen LogP contribution in [0.2, 0.25) is 0 Å². The summed E-state index contributed by atoms with van der Waals surface area (Å²) in [5.41, 5.74) is 0.130. The van der Waals surface area contributed by atoms with Crippen molar-refractivity contribution in [3.8, 4) is 0 Å². The lowest BCUT2D eigenvalue weighted by Gasteiger charge is -2.37. The second-order valence-corrected chi connectivity index (χ2v) is 5.54. The lowest BCUT2D eigenvalue weighted by atomic mass is 9.68. The van der Waals surface area contributed by atoms with Gasteiger partial charge in [-0.25, -0.2) is 4.98 Å². The van der Waals surface area contributed by atoms with E-state index in [2.05, 4.69) is 29.1 Å². The van der Waals surface area contributed by atoms with Gasteiger partial charge in [0, 0.05) is 18.3 Å². The Morgan fingerprint density at radius 3 is 3.06 bits per heavy atom. The number of aromatic amines is 1. The van der Waals surface area contributed by atoms with Gasteiger partial charge in [-0.05, 0) is 18.3 Å². The minimum atomic E-state index is 0.130. The van der Waals surface area contributed by atoms with E-state index in [4.69, 9.17) is 0 Å². The van der Waals surface area contributed by atoms with Gasteiger partial charge in [0.1, 0.15) is 5.82 Å². The Morgan fingerprint density at radius 2 is 2.41 bits per heavy atom. The molecule has 1 saturated carbocycles. The van der Waals surface area contributed by atoms with Crippen molar-refractivity contribution in [3.05, 3.63) is 18.2 Å². The molecule has 0 aliphatic heterocycles. The van der Waals surface area contributed by atoms with Gasteiger partial charge in [0.15, 0.2) is 0 Å². The van der Waals surface area contributed by atoms with Crippen molar-refractivity contribution in [2.45, 2.75) is 46.1 Å². The topological polar surface area (TPSA) is 57.8 Å². The van der Waals surface area contributed by atoms with Gasteiger partial charge in [0.2, 0.25) is 5.91 Å². The maximum Gasteiger partial charge on any atom is 0.224 e. The monoisotopic (exact) mass is 235 g/mol. The van der Waals surface area contributed by atoms with Crippen LogP contribution in [0.1, 0.15) is 45.4 Å². The lowest BCUT2D eigenvalue weighted by Crippen LogP contribution is -2.40. The quantitative estimate of drug-likeness (QED) is 0.844. The average Bonchev–Trinajstić information content (AvgIpc) is 2.78. The predicted molar refractivity (Wildman–Crippen MR) is 66.2 cm³/mol. The van der Waals surface area contributed by atoms with Crippen LogP contribution in [0.25, 0.3) is 0 Å². The molecule has 0 radical (unpaired) electrons. The van der Waals surface area contributed by atoms with Gasteiger partial charge in [0.25, 0.3) is 0 Å². The van der Waals surface area contributed by atoms with Crippen LogP contribution >= 0.6 is 0 Å². The van der Waals surface area contributed by atoms with Crippen molar-refractivity contribution in [2.24, 2.45) is 11.3 Å². The molecule has 17 heavy (non-hydrogen) atoms. The fourth-order valence-corrected chi connectivity index (χ4v) is 2.67. The molecule has 1 unspecified atom stereocenters. The third kappa shape index (κ3) is 2.87. The predicted octanol–water partition coefficient (Wildman–Crippen LogP) is 2.24. The molecule has 94 valence electrons. The molecule has 1 aliphatic carbocycles. The number of hydrogen-bond donors (Lipinski definition) is 2. The van der Waals surface area contributed by atoms with E-state index in [9.17, 15) is 4.79 Å². The van der Waals surface area contributed by atoms with Gasteiger partial charge in [-0.3, -0.25) is 4.79 Å². The second-order valence-electron chi connectivity index (χ2n) is 5.54. The first kappa shape index (κ1) is 12.1. The van der Waals surface area contributed by atoms with E-state index in [1.54, 1.807) is 12.4 Å². The first-order chi connectivity index (χ1) is 8.09. The van der Waals surface area contributed by atoms with Gasteiger partial charge in [-0.2, -0.15) is 0 Å². The molecule has 1 aromatic rings. The molecule has 0 bridgehead atoms. The zero-order valence-electron chi connectivity index (χ0n) is 10.6. The standard InChI is InChI=1S/C13H21N3O/c1-13(2)6-4-3-5-10(13)12(17)16-9-11-14-7-8-15-11/h7-8,10H,3-6,9H2,1-2H3,(H,14,15)(H,16,17). The molecule has 0 spiro atoms. The second kappa shape index (κ2) is 4.90. The highest BCUT2D eigenvalue weighted by molar-refractivity contribution is 5.79. The van der Waals surface area contributed by atoms with Crippen LogP contribution in [0.15, 0.2) is 12.4 Å². The van der Waals surface area contributed by atoms with Crippen molar-refractivity contribution in [3.63, 3.8) is 0 Å². The minimum Gasteiger partial charge on any atom is -0.349 e. The number of amides is 1. The summed E-state index contributed by atoms with van der Waals surface area (Å²) in [6.07, 6.45) is 8.04. The summed E-state index contributed by atoms with van der Waals surface area (Å²) in [5.74, 6) is 1.13. The summed E-state index contributed by atoms with van der Waals surface area (Å²) in [7, 11) is 0. The van der Waals surface area contributed by atoms with Crippen molar-refractivity contribution >= 4 is 5.91 Å². The Morgan fingerprint density at radius 1 is 1.59 bits per heavy atom. The molecule has 1 atom stereocenters. The zero-order valence-corrected chi connectivity index (χ0v) is 10.6. The van der Waals surface area contributed by atoms with Crippen molar-refractivity contribution < 1.29 is 4.79 Å². The summed E-state index contributed by atoms with van der Waals surface area (Å²) < 4.78 is 0. The number of rotatable bonds is 3. The Kier molecular flexibility index (Phi) is 3.50. The largest absolute Gasteiger partial charge is 0.349 e. The molecule has 2 rings (SSSR count). The van der Waals surface area contributed by atoms with Crippen molar-refractivity contribution in [1.82, 2.24) is 15.3 Å². The molecule has 0 aromatic carbocycles. The highest BCUT2D eigenvalue weighted by Gasteiger charge is 2.36. The molecule has 1 aliphatic rings. The molecule has 1 fully saturated rings. The fourth-order valence-electron chi connectivity index (χ4n) is 2.67. The Labute approximate surface area is 102 Å². The number of nitrogens with zero attached hydrogens (tertiary/aromatic N) is 1. The molecule has 4 heteroatoms. The summed E-state index contributed by atoms with van der Waals surface area (Å²) in [4.78, 5) is 19.2. The molecule has 1 aromatic heterocycles. The van der Waals surface area contributed by atoms with Crippen molar-refractivity contribution in [1.29, 1.82) is 0 Å². The van der Waals surface area contributed by atoms with Crippen LogP contribution in [0.5, 0.6) is 0 Å². The smallest absolute Gasteiger partial charge is 0.224 e. The van der Waals surface area contributed by atoms with Gasteiger partial charge >= 0.3 is 0 Å². The van der Waals surface area contributed by atoms with E-state index in [0.29, 0.717) is 6.54 Å². The minimum absolute atomic E-state index is 0.130. The SMILES string of the molecule is CC1(C)CCCCC1C(=O)NCc1ncc[nH]1. The number of H-pyrrole nitrogens is 1. The van der Waals surface area contributed by atoms with Crippen LogP contribution < -0.4 is 5.32 Å². The molecule has 1 heterocycles. The van der Waals surface area contributed by atoms with Gasteiger partial charge in [-0.1, -0.05) is 26.7 Å². The maximum atomic E-state index is 12.2.